The van der Waals surface area contributed by atoms with Gasteiger partial charge in [-0.25, -0.2) is 0 Å². The molecule has 0 radical (unpaired) electrons. The fourth-order valence-electron chi connectivity index (χ4n) is 3.52. The zero-order chi connectivity index (χ0) is 16.8. The summed E-state index contributed by atoms with van der Waals surface area (Å²) in [6, 6.07) is 21.6. The predicted octanol–water partition coefficient (Wildman–Crippen LogP) is 3.62. The number of hydrogen-bond donors (Lipinski definition) is 0. The Kier molecular flexibility index (Phi) is 6.43. The van der Waals surface area contributed by atoms with E-state index in [2.05, 4.69) is 88.2 Å². The van der Waals surface area contributed by atoms with E-state index < -0.39 is 16.5 Å². The van der Waals surface area contributed by atoms with Gasteiger partial charge in [0.1, 0.15) is 0 Å². The van der Waals surface area contributed by atoms with Crippen LogP contribution in [0.25, 0.3) is 0 Å². The molecule has 24 heavy (non-hydrogen) atoms. The molecule has 1 saturated heterocycles. The van der Waals surface area contributed by atoms with Crippen LogP contribution in [-0.2, 0) is 0 Å². The Balaban J connectivity index is 1.65. The fourth-order valence-corrected chi connectivity index (χ4v) is 9.69. The van der Waals surface area contributed by atoms with Gasteiger partial charge in [0.05, 0.1) is 0 Å². The number of benzene rings is 2. The second-order valence-electron chi connectivity index (χ2n) is 6.86. The van der Waals surface area contributed by atoms with Crippen molar-refractivity contribution in [2.75, 3.05) is 43.7 Å². The summed E-state index contributed by atoms with van der Waals surface area (Å²) >= 11 is -1.31. The van der Waals surface area contributed by atoms with Crippen molar-refractivity contribution in [1.29, 1.82) is 0 Å². The number of hydrogen-bond acceptors (Lipinski definition) is 3. The standard InChI is InChI=1S/C15H16N.C5H12N2.Ga/c1-2-13-16(14-9-5-3-6-10-14)15-11-7-4-8-12-15;1-6-4-5-7(2)3;/h3-12H,1-2,13H2;2,4-5H2,1,3H3;/q;-1;+1. The Hall–Kier alpha value is -1.20. The third kappa shape index (κ3) is 4.67. The first-order chi connectivity index (χ1) is 11.7. The first-order valence-corrected chi connectivity index (χ1v) is 13.5. The minimum atomic E-state index is -1.31. The van der Waals surface area contributed by atoms with E-state index in [1.165, 1.54) is 41.0 Å². The van der Waals surface area contributed by atoms with Crippen molar-refractivity contribution in [3.8, 4) is 0 Å². The molecule has 0 aromatic heterocycles. The predicted molar refractivity (Wildman–Crippen MR) is 105 cm³/mol. The first-order valence-electron chi connectivity index (χ1n) is 9.00. The molecule has 2 aromatic carbocycles. The van der Waals surface area contributed by atoms with Crippen LogP contribution in [0.2, 0.25) is 4.98 Å². The van der Waals surface area contributed by atoms with E-state index in [1.54, 1.807) is 0 Å². The molecular formula is C20H28GaN3. The molecule has 126 valence electrons. The molecule has 0 unspecified atom stereocenters. The molecule has 1 heterocycles. The van der Waals surface area contributed by atoms with Crippen molar-refractivity contribution < 1.29 is 0 Å². The van der Waals surface area contributed by atoms with Gasteiger partial charge in [0.15, 0.2) is 0 Å². The van der Waals surface area contributed by atoms with E-state index >= 15 is 0 Å². The Morgan fingerprint density at radius 3 is 2.04 bits per heavy atom. The van der Waals surface area contributed by atoms with E-state index in [-0.39, 0.29) is 0 Å². The molecule has 1 fully saturated rings. The van der Waals surface area contributed by atoms with Crippen LogP contribution in [0.5, 0.6) is 0 Å². The van der Waals surface area contributed by atoms with Crippen LogP contribution in [0.4, 0.5) is 11.4 Å². The summed E-state index contributed by atoms with van der Waals surface area (Å²) in [5.74, 6) is 0. The topological polar surface area (TPSA) is 9.72 Å². The maximum absolute atomic E-state index is 2.71. The van der Waals surface area contributed by atoms with Crippen molar-refractivity contribution in [3.63, 3.8) is 0 Å². The van der Waals surface area contributed by atoms with Gasteiger partial charge in [-0.3, -0.25) is 0 Å². The minimum absolute atomic E-state index is 1.10. The third-order valence-corrected chi connectivity index (χ3v) is 12.6. The molecule has 0 bridgehead atoms. The van der Waals surface area contributed by atoms with E-state index in [4.69, 9.17) is 0 Å². The van der Waals surface area contributed by atoms with Crippen molar-refractivity contribution in [2.45, 2.75) is 11.4 Å². The Morgan fingerprint density at radius 1 is 0.875 bits per heavy atom. The number of nitrogens with zero attached hydrogens (tertiary/aromatic N) is 3. The second kappa shape index (κ2) is 8.76. The summed E-state index contributed by atoms with van der Waals surface area (Å²) in [6.07, 6.45) is 1.28. The second-order valence-corrected chi connectivity index (χ2v) is 13.4. The monoisotopic (exact) mass is 379 g/mol. The molecule has 0 aliphatic carbocycles. The zero-order valence-corrected chi connectivity index (χ0v) is 17.4. The molecule has 3 nitrogen and oxygen atoms in total. The van der Waals surface area contributed by atoms with Gasteiger partial charge in [0.25, 0.3) is 0 Å². The zero-order valence-electron chi connectivity index (χ0n) is 14.9. The van der Waals surface area contributed by atoms with Gasteiger partial charge >= 0.3 is 152 Å². The number of rotatable bonds is 6. The molecule has 2 aromatic rings. The number of anilines is 2. The van der Waals surface area contributed by atoms with Crippen molar-refractivity contribution in [3.05, 3.63) is 60.7 Å². The molecular weight excluding hydrogens is 352 g/mol. The average molecular weight is 380 g/mol. The van der Waals surface area contributed by atoms with E-state index in [9.17, 15) is 0 Å². The normalized spacial score (nSPS) is 16.3. The van der Waals surface area contributed by atoms with E-state index in [0.717, 1.165) is 6.54 Å². The molecule has 0 amide bonds. The van der Waals surface area contributed by atoms with Crippen molar-refractivity contribution in [1.82, 2.24) is 8.51 Å². The molecule has 0 N–H and O–H groups in total. The fraction of sp³-hybridized carbons (Fsp3) is 0.400. The summed E-state index contributed by atoms with van der Waals surface area (Å²) in [5.41, 5.74) is 2.59. The van der Waals surface area contributed by atoms with Crippen LogP contribution in [0.15, 0.2) is 60.7 Å². The van der Waals surface area contributed by atoms with Gasteiger partial charge in [-0.2, -0.15) is 0 Å². The summed E-state index contributed by atoms with van der Waals surface area (Å²) in [5, 5.41) is 1.38. The van der Waals surface area contributed by atoms with Gasteiger partial charge in [-0.05, 0) is 0 Å². The third-order valence-electron chi connectivity index (χ3n) is 5.03. The van der Waals surface area contributed by atoms with Gasteiger partial charge in [-0.1, -0.05) is 0 Å². The quantitative estimate of drug-likeness (QED) is 0.709. The number of likely N-dealkylation sites (N-methyl/N-ethyl adjacent to an activating group) is 2. The summed E-state index contributed by atoms with van der Waals surface area (Å²) in [7, 11) is 4.63. The summed E-state index contributed by atoms with van der Waals surface area (Å²) in [6.45, 7) is 3.61. The molecule has 0 spiro atoms. The van der Waals surface area contributed by atoms with E-state index in [0.29, 0.717) is 0 Å². The summed E-state index contributed by atoms with van der Waals surface area (Å²) < 4.78 is 2.71. The van der Waals surface area contributed by atoms with Crippen molar-refractivity contribution >= 4 is 27.8 Å². The van der Waals surface area contributed by atoms with Gasteiger partial charge in [0, 0.05) is 0 Å². The van der Waals surface area contributed by atoms with Crippen LogP contribution >= 0.6 is 0 Å². The molecule has 4 heteroatoms. The van der Waals surface area contributed by atoms with E-state index in [1.807, 2.05) is 0 Å². The van der Waals surface area contributed by atoms with Crippen LogP contribution < -0.4 is 4.90 Å². The first kappa shape index (κ1) is 17.6. The molecule has 0 atom stereocenters. The van der Waals surface area contributed by atoms with Gasteiger partial charge < -0.3 is 0 Å². The Bertz CT molecular complexity index is 565. The average Bonchev–Trinajstić information content (AvgIpc) is 2.63. The van der Waals surface area contributed by atoms with Crippen LogP contribution in [0.1, 0.15) is 6.42 Å². The SMILES string of the molecule is CN1CC[N](C)[Ga]([CH2]CCN(c2ccccc2)c2ccccc2)[CH2]1. The summed E-state index contributed by atoms with van der Waals surface area (Å²) in [4.78, 5) is 6.44. The Labute approximate surface area is 152 Å². The van der Waals surface area contributed by atoms with Crippen LogP contribution in [-0.4, -0.2) is 63.8 Å². The number of para-hydroxylation sites is 2. The Morgan fingerprint density at radius 2 is 1.46 bits per heavy atom. The van der Waals surface area contributed by atoms with Gasteiger partial charge in [-0.15, -0.1) is 0 Å². The molecule has 0 saturated carbocycles. The van der Waals surface area contributed by atoms with Crippen LogP contribution in [0, 0.1) is 0 Å². The van der Waals surface area contributed by atoms with Crippen molar-refractivity contribution in [2.24, 2.45) is 0 Å². The molecule has 1 aliphatic heterocycles. The molecule has 1 aliphatic rings. The van der Waals surface area contributed by atoms with Gasteiger partial charge in [0.2, 0.25) is 0 Å². The molecule has 3 rings (SSSR count). The maximum atomic E-state index is 2.71. The van der Waals surface area contributed by atoms with Crippen LogP contribution in [0.3, 0.4) is 0 Å².